The van der Waals surface area contributed by atoms with Crippen LogP contribution in [0.2, 0.25) is 0 Å². The third kappa shape index (κ3) is 4.44. The molecule has 2 aromatic heterocycles. The van der Waals surface area contributed by atoms with E-state index in [0.717, 1.165) is 25.0 Å². The minimum absolute atomic E-state index is 0.00539. The fourth-order valence-electron chi connectivity index (χ4n) is 4.75. The number of benzene rings is 1. The number of aromatic amines is 1. The van der Waals surface area contributed by atoms with Crippen LogP contribution in [0.4, 0.5) is 14.6 Å². The lowest BCUT2D eigenvalue weighted by Crippen LogP contribution is -2.62. The van der Waals surface area contributed by atoms with Crippen LogP contribution in [0, 0.1) is 11.6 Å². The molecule has 1 aliphatic heterocycles. The number of rotatable bonds is 4. The fourth-order valence-corrected chi connectivity index (χ4v) is 4.75. The van der Waals surface area contributed by atoms with Crippen LogP contribution in [0.25, 0.3) is 22.4 Å². The Morgan fingerprint density at radius 1 is 0.968 bits per heavy atom. The number of halogens is 2. The maximum Gasteiger partial charge on any atom is 0.151 e. The zero-order valence-electron chi connectivity index (χ0n) is 18.5. The number of hydrogen-bond acceptors (Lipinski definition) is 5. The van der Waals surface area contributed by atoms with Gasteiger partial charge in [0.05, 0.1) is 11.9 Å². The van der Waals surface area contributed by atoms with Crippen LogP contribution in [-0.4, -0.2) is 44.6 Å². The summed E-state index contributed by atoms with van der Waals surface area (Å²) in [6, 6.07) is 6.10. The van der Waals surface area contributed by atoms with Crippen LogP contribution in [0.5, 0.6) is 0 Å². The Balaban J connectivity index is 1.58. The molecule has 0 aliphatic carbocycles. The predicted molar refractivity (Wildman–Crippen MR) is 118 cm³/mol. The summed E-state index contributed by atoms with van der Waals surface area (Å²) in [5, 5.41) is 18.6. The quantitative estimate of drug-likeness (QED) is 0.640. The molecule has 0 amide bonds. The van der Waals surface area contributed by atoms with Gasteiger partial charge in [0.15, 0.2) is 5.82 Å². The van der Waals surface area contributed by atoms with E-state index in [1.807, 2.05) is 13.1 Å². The van der Waals surface area contributed by atoms with E-state index in [1.54, 1.807) is 6.07 Å². The average molecular weight is 427 g/mol. The Morgan fingerprint density at radius 2 is 1.61 bits per heavy atom. The van der Waals surface area contributed by atoms with Gasteiger partial charge in [0.25, 0.3) is 0 Å². The number of piperidine rings is 1. The van der Waals surface area contributed by atoms with Crippen molar-refractivity contribution in [2.24, 2.45) is 0 Å². The lowest BCUT2D eigenvalue weighted by Gasteiger charge is -2.49. The third-order valence-corrected chi connectivity index (χ3v) is 5.87. The average Bonchev–Trinajstić information content (AvgIpc) is 3.21. The highest BCUT2D eigenvalue weighted by molar-refractivity contribution is 5.69. The van der Waals surface area contributed by atoms with E-state index < -0.39 is 11.6 Å². The van der Waals surface area contributed by atoms with Crippen LogP contribution in [0.15, 0.2) is 36.7 Å². The molecule has 2 N–H and O–H groups in total. The molecule has 31 heavy (non-hydrogen) atoms. The van der Waals surface area contributed by atoms with E-state index >= 15 is 0 Å². The van der Waals surface area contributed by atoms with E-state index in [4.69, 9.17) is 0 Å². The van der Waals surface area contributed by atoms with Gasteiger partial charge < -0.3 is 10.2 Å². The van der Waals surface area contributed by atoms with Gasteiger partial charge in [-0.1, -0.05) is 0 Å². The first-order chi connectivity index (χ1) is 14.5. The number of nitrogens with one attached hydrogen (secondary N) is 2. The molecule has 6 nitrogen and oxygen atoms in total. The van der Waals surface area contributed by atoms with Crippen LogP contribution < -0.4 is 10.2 Å². The summed E-state index contributed by atoms with van der Waals surface area (Å²) in [4.78, 5) is 2.13. The topological polar surface area (TPSA) is 69.7 Å². The first kappa shape index (κ1) is 21.4. The molecule has 1 aromatic carbocycles. The maximum absolute atomic E-state index is 14.7. The van der Waals surface area contributed by atoms with Crippen molar-refractivity contribution in [3.63, 3.8) is 0 Å². The minimum atomic E-state index is -0.560. The monoisotopic (exact) mass is 426 g/mol. The molecule has 0 bridgehead atoms. The van der Waals surface area contributed by atoms with Gasteiger partial charge in [-0.15, -0.1) is 10.2 Å². The molecule has 0 saturated carbocycles. The summed E-state index contributed by atoms with van der Waals surface area (Å²) in [7, 11) is 2.01. The van der Waals surface area contributed by atoms with Crippen molar-refractivity contribution in [1.29, 1.82) is 0 Å². The summed E-state index contributed by atoms with van der Waals surface area (Å²) in [5.41, 5.74) is 1.01. The van der Waals surface area contributed by atoms with E-state index in [0.29, 0.717) is 17.1 Å². The van der Waals surface area contributed by atoms with Crippen molar-refractivity contribution in [2.45, 2.75) is 57.7 Å². The number of aromatic nitrogens is 4. The second-order valence-electron chi connectivity index (χ2n) is 9.64. The van der Waals surface area contributed by atoms with Gasteiger partial charge in [0, 0.05) is 47.1 Å². The lowest BCUT2D eigenvalue weighted by molar-refractivity contribution is 0.160. The minimum Gasteiger partial charge on any atom is -0.355 e. The first-order valence-corrected chi connectivity index (χ1v) is 10.4. The van der Waals surface area contributed by atoms with Crippen LogP contribution in [-0.2, 0) is 0 Å². The second kappa shape index (κ2) is 7.67. The number of nitrogens with zero attached hydrogens (tertiary/aromatic N) is 4. The predicted octanol–water partition coefficient (Wildman–Crippen LogP) is 4.56. The van der Waals surface area contributed by atoms with Crippen molar-refractivity contribution in [1.82, 2.24) is 25.7 Å². The Kier molecular flexibility index (Phi) is 5.29. The van der Waals surface area contributed by atoms with E-state index in [-0.39, 0.29) is 28.2 Å². The van der Waals surface area contributed by atoms with E-state index in [1.165, 1.54) is 12.4 Å². The standard InChI is InChI=1S/C23H28F2N6/c1-22(2)10-15(11-23(3,4)30-22)31(5)21-7-6-20(28-29-21)17-9-18(24)16(8-19(17)25)14-12-26-27-13-14/h6-9,12-13,15,30H,10-11H2,1-5H3,(H,26,27). The molecule has 0 unspecified atom stereocenters. The SMILES string of the molecule is CN(c1ccc(-c2cc(F)c(-c3cn[nH]c3)cc2F)nn1)C1CC(C)(C)NC(C)(C)C1. The highest BCUT2D eigenvalue weighted by atomic mass is 19.1. The summed E-state index contributed by atoms with van der Waals surface area (Å²) >= 11 is 0. The van der Waals surface area contributed by atoms with Crippen LogP contribution >= 0.6 is 0 Å². The zero-order chi connectivity index (χ0) is 22.4. The van der Waals surface area contributed by atoms with Crippen molar-refractivity contribution >= 4 is 5.82 Å². The Labute approximate surface area is 181 Å². The molecule has 8 heteroatoms. The summed E-state index contributed by atoms with van der Waals surface area (Å²) in [5.74, 6) is -0.395. The van der Waals surface area contributed by atoms with Gasteiger partial charge >= 0.3 is 0 Å². The number of hydrogen-bond donors (Lipinski definition) is 2. The van der Waals surface area contributed by atoms with Gasteiger partial charge in [0.2, 0.25) is 0 Å². The van der Waals surface area contributed by atoms with E-state index in [2.05, 4.69) is 58.3 Å². The normalized spacial score (nSPS) is 18.2. The molecule has 3 heterocycles. The molecule has 4 rings (SSSR count). The molecular weight excluding hydrogens is 398 g/mol. The van der Waals surface area contributed by atoms with Crippen LogP contribution in [0.1, 0.15) is 40.5 Å². The van der Waals surface area contributed by atoms with Gasteiger partial charge in [-0.05, 0) is 64.8 Å². The number of anilines is 1. The Bertz CT molecular complexity index is 1040. The zero-order valence-corrected chi connectivity index (χ0v) is 18.5. The molecule has 1 fully saturated rings. The Morgan fingerprint density at radius 3 is 2.19 bits per heavy atom. The van der Waals surface area contributed by atoms with Crippen molar-refractivity contribution in [3.8, 4) is 22.4 Å². The molecule has 164 valence electrons. The largest absolute Gasteiger partial charge is 0.355 e. The molecule has 1 aliphatic rings. The van der Waals surface area contributed by atoms with Gasteiger partial charge in [-0.25, -0.2) is 8.78 Å². The van der Waals surface area contributed by atoms with Gasteiger partial charge in [0.1, 0.15) is 11.6 Å². The molecule has 0 radical (unpaired) electrons. The second-order valence-corrected chi connectivity index (χ2v) is 9.64. The summed E-state index contributed by atoms with van der Waals surface area (Å²) in [6.45, 7) is 8.81. The smallest absolute Gasteiger partial charge is 0.151 e. The van der Waals surface area contributed by atoms with Crippen molar-refractivity contribution in [2.75, 3.05) is 11.9 Å². The molecule has 0 spiro atoms. The maximum atomic E-state index is 14.7. The highest BCUT2D eigenvalue weighted by Gasteiger charge is 2.39. The van der Waals surface area contributed by atoms with Crippen LogP contribution in [0.3, 0.4) is 0 Å². The molecule has 3 aromatic rings. The number of H-pyrrole nitrogens is 1. The lowest BCUT2D eigenvalue weighted by atomic mass is 9.79. The molecule has 1 saturated heterocycles. The summed E-state index contributed by atoms with van der Waals surface area (Å²) in [6.07, 6.45) is 4.90. The third-order valence-electron chi connectivity index (χ3n) is 5.87. The van der Waals surface area contributed by atoms with Crippen molar-refractivity contribution < 1.29 is 8.78 Å². The van der Waals surface area contributed by atoms with Gasteiger partial charge in [-0.3, -0.25) is 5.10 Å². The summed E-state index contributed by atoms with van der Waals surface area (Å²) < 4.78 is 29.4. The van der Waals surface area contributed by atoms with Gasteiger partial charge in [-0.2, -0.15) is 5.10 Å². The Hall–Kier alpha value is -2.87. The first-order valence-electron chi connectivity index (χ1n) is 10.4. The van der Waals surface area contributed by atoms with E-state index in [9.17, 15) is 8.78 Å². The fraction of sp³-hybridized carbons (Fsp3) is 0.435. The molecular formula is C23H28F2N6. The molecule has 0 atom stereocenters. The van der Waals surface area contributed by atoms with Crippen molar-refractivity contribution in [3.05, 3.63) is 48.3 Å². The highest BCUT2D eigenvalue weighted by Crippen LogP contribution is 2.33.